The van der Waals surface area contributed by atoms with E-state index in [9.17, 15) is 4.79 Å². The van der Waals surface area contributed by atoms with Crippen molar-refractivity contribution in [2.24, 2.45) is 0 Å². The van der Waals surface area contributed by atoms with E-state index in [1.165, 1.54) is 0 Å². The smallest absolute Gasteiger partial charge is 0.241 e. The summed E-state index contributed by atoms with van der Waals surface area (Å²) in [6.07, 6.45) is 5.75. The average Bonchev–Trinajstić information content (AvgIpc) is 2.65. The van der Waals surface area contributed by atoms with Crippen LogP contribution in [0.4, 0.5) is 0 Å². The van der Waals surface area contributed by atoms with Crippen LogP contribution in [0.5, 0.6) is 0 Å². The van der Waals surface area contributed by atoms with Gasteiger partial charge in [-0.15, -0.1) is 0 Å². The van der Waals surface area contributed by atoms with Gasteiger partial charge in [-0.25, -0.2) is 0 Å². The molecule has 1 saturated heterocycles. The van der Waals surface area contributed by atoms with Crippen LogP contribution in [0.2, 0.25) is 0 Å². The highest BCUT2D eigenvalue weighted by atomic mass is 16.5. The van der Waals surface area contributed by atoms with Crippen LogP contribution in [-0.4, -0.2) is 42.3 Å². The van der Waals surface area contributed by atoms with E-state index in [0.717, 1.165) is 32.1 Å². The normalized spacial score (nSPS) is 23.6. The van der Waals surface area contributed by atoms with Crippen molar-refractivity contribution in [3.05, 3.63) is 0 Å². The molecule has 0 aromatic heterocycles. The topological polar surface area (TPSA) is 41.6 Å². The van der Waals surface area contributed by atoms with E-state index in [1.54, 1.807) is 0 Å². The number of rotatable bonds is 9. The highest BCUT2D eigenvalue weighted by Gasteiger charge is 2.37. The molecule has 0 aromatic carbocycles. The van der Waals surface area contributed by atoms with Crippen LogP contribution in [0.1, 0.15) is 59.8 Å². The molecule has 0 spiro atoms. The average molecular weight is 270 g/mol. The molecule has 1 heterocycles. The van der Waals surface area contributed by atoms with Crippen molar-refractivity contribution in [2.75, 3.05) is 13.2 Å². The van der Waals surface area contributed by atoms with Crippen LogP contribution in [-0.2, 0) is 9.53 Å². The first kappa shape index (κ1) is 16.4. The molecule has 1 rings (SSSR count). The number of carbonyl (C=O) groups excluding carboxylic acids is 1. The second-order valence-electron chi connectivity index (χ2n) is 5.62. The fraction of sp³-hybridized carbons (Fsp3) is 0.933. The maximum Gasteiger partial charge on any atom is 0.241 e. The molecular formula is C15H30N2O2. The van der Waals surface area contributed by atoms with Crippen molar-refractivity contribution >= 4 is 5.91 Å². The molecule has 19 heavy (non-hydrogen) atoms. The van der Waals surface area contributed by atoms with E-state index >= 15 is 0 Å². The Morgan fingerprint density at radius 1 is 1.26 bits per heavy atom. The van der Waals surface area contributed by atoms with Gasteiger partial charge < -0.3 is 9.64 Å². The molecule has 4 heteroatoms. The third kappa shape index (κ3) is 5.11. The zero-order valence-corrected chi connectivity index (χ0v) is 12.9. The van der Waals surface area contributed by atoms with Gasteiger partial charge in [-0.1, -0.05) is 33.1 Å². The van der Waals surface area contributed by atoms with Crippen molar-refractivity contribution in [1.29, 1.82) is 0 Å². The van der Waals surface area contributed by atoms with Crippen LogP contribution in [0.3, 0.4) is 0 Å². The molecule has 1 aliphatic rings. The molecular weight excluding hydrogens is 240 g/mol. The lowest BCUT2D eigenvalue weighted by Gasteiger charge is -2.24. The van der Waals surface area contributed by atoms with Crippen molar-refractivity contribution in [3.63, 3.8) is 0 Å². The summed E-state index contributed by atoms with van der Waals surface area (Å²) in [6, 6.07) is 0.0237. The Hall–Kier alpha value is -0.610. The van der Waals surface area contributed by atoms with Gasteiger partial charge in [0.25, 0.3) is 0 Å². The number of carbonyl (C=O) groups is 1. The maximum atomic E-state index is 12.4. The van der Waals surface area contributed by atoms with Crippen LogP contribution in [0, 0.1) is 0 Å². The minimum atomic E-state index is 0.0237. The largest absolute Gasteiger partial charge is 0.377 e. The first-order chi connectivity index (χ1) is 9.10. The highest BCUT2D eigenvalue weighted by Crippen LogP contribution is 2.18. The fourth-order valence-electron chi connectivity index (χ4n) is 2.53. The van der Waals surface area contributed by atoms with Gasteiger partial charge in [0.15, 0.2) is 0 Å². The first-order valence-corrected chi connectivity index (χ1v) is 7.78. The summed E-state index contributed by atoms with van der Waals surface area (Å²) in [6.45, 7) is 9.71. The lowest BCUT2D eigenvalue weighted by molar-refractivity contribution is -0.131. The Kier molecular flexibility index (Phi) is 7.39. The molecule has 0 saturated carbocycles. The third-order valence-electron chi connectivity index (χ3n) is 3.54. The quantitative estimate of drug-likeness (QED) is 0.700. The number of amides is 1. The Balaban J connectivity index is 2.50. The summed E-state index contributed by atoms with van der Waals surface area (Å²) >= 11 is 0. The Morgan fingerprint density at radius 3 is 2.58 bits per heavy atom. The minimum Gasteiger partial charge on any atom is -0.377 e. The number of hydrogen-bond acceptors (Lipinski definition) is 3. The predicted molar refractivity (Wildman–Crippen MR) is 77.9 cm³/mol. The van der Waals surface area contributed by atoms with Gasteiger partial charge in [0, 0.05) is 6.54 Å². The van der Waals surface area contributed by atoms with Gasteiger partial charge >= 0.3 is 0 Å². The minimum absolute atomic E-state index is 0.0237. The molecule has 1 amide bonds. The van der Waals surface area contributed by atoms with Crippen LogP contribution in [0.25, 0.3) is 0 Å². The zero-order valence-electron chi connectivity index (χ0n) is 12.9. The van der Waals surface area contributed by atoms with Gasteiger partial charge in [-0.2, -0.15) is 0 Å². The fourth-order valence-corrected chi connectivity index (χ4v) is 2.53. The molecule has 0 radical (unpaired) electrons. The van der Waals surface area contributed by atoms with Crippen LogP contribution >= 0.6 is 0 Å². The standard InChI is InChI=1S/C15H30N2O2/c1-5-7-9-13-15(18)17(10-11-19-12(3)4)14(16-13)8-6-2/h12-14,16H,5-11H2,1-4H3. The number of ether oxygens (including phenoxy) is 1. The molecule has 1 N–H and O–H groups in total. The van der Waals surface area contributed by atoms with Crippen LogP contribution in [0.15, 0.2) is 0 Å². The van der Waals surface area contributed by atoms with E-state index < -0.39 is 0 Å². The second-order valence-corrected chi connectivity index (χ2v) is 5.62. The monoisotopic (exact) mass is 270 g/mol. The summed E-state index contributed by atoms with van der Waals surface area (Å²) < 4.78 is 5.57. The van der Waals surface area contributed by atoms with Gasteiger partial charge in [-0.05, 0) is 26.7 Å². The third-order valence-corrected chi connectivity index (χ3v) is 3.54. The summed E-state index contributed by atoms with van der Waals surface area (Å²) in [5.74, 6) is 0.263. The second kappa shape index (κ2) is 8.54. The van der Waals surface area contributed by atoms with E-state index in [2.05, 4.69) is 19.2 Å². The maximum absolute atomic E-state index is 12.4. The van der Waals surface area contributed by atoms with Gasteiger partial charge in [0.2, 0.25) is 5.91 Å². The van der Waals surface area contributed by atoms with E-state index in [0.29, 0.717) is 13.2 Å². The van der Waals surface area contributed by atoms with Crippen molar-refractivity contribution < 1.29 is 9.53 Å². The molecule has 0 bridgehead atoms. The van der Waals surface area contributed by atoms with E-state index in [4.69, 9.17) is 4.74 Å². The first-order valence-electron chi connectivity index (χ1n) is 7.78. The molecule has 1 aliphatic heterocycles. The van der Waals surface area contributed by atoms with Crippen molar-refractivity contribution in [2.45, 2.75) is 78.1 Å². The number of hydrogen-bond donors (Lipinski definition) is 1. The summed E-state index contributed by atoms with van der Waals surface area (Å²) in [7, 11) is 0. The Labute approximate surface area is 117 Å². The van der Waals surface area contributed by atoms with Crippen molar-refractivity contribution in [1.82, 2.24) is 10.2 Å². The van der Waals surface area contributed by atoms with Gasteiger partial charge in [-0.3, -0.25) is 10.1 Å². The van der Waals surface area contributed by atoms with Gasteiger partial charge in [0.1, 0.15) is 0 Å². The van der Waals surface area contributed by atoms with E-state index in [1.807, 2.05) is 18.7 Å². The molecule has 4 nitrogen and oxygen atoms in total. The molecule has 1 fully saturated rings. The lowest BCUT2D eigenvalue weighted by atomic mass is 10.1. The predicted octanol–water partition coefficient (Wildman–Crippen LogP) is 2.53. The number of nitrogens with one attached hydrogen (secondary N) is 1. The molecule has 112 valence electrons. The molecule has 2 atom stereocenters. The molecule has 0 aliphatic carbocycles. The molecule has 0 aromatic rings. The lowest BCUT2D eigenvalue weighted by Crippen LogP contribution is -2.39. The van der Waals surface area contributed by atoms with E-state index in [-0.39, 0.29) is 24.2 Å². The zero-order chi connectivity index (χ0) is 14.3. The summed E-state index contributed by atoms with van der Waals surface area (Å²) in [4.78, 5) is 14.4. The summed E-state index contributed by atoms with van der Waals surface area (Å²) in [5, 5.41) is 3.49. The van der Waals surface area contributed by atoms with Gasteiger partial charge in [0.05, 0.1) is 24.9 Å². The number of nitrogens with zero attached hydrogens (tertiary/aromatic N) is 1. The molecule has 2 unspecified atom stereocenters. The SMILES string of the molecule is CCCCC1NC(CCC)N(CCOC(C)C)C1=O. The summed E-state index contributed by atoms with van der Waals surface area (Å²) in [5.41, 5.74) is 0. The van der Waals surface area contributed by atoms with Crippen LogP contribution < -0.4 is 5.32 Å². The number of unbranched alkanes of at least 4 members (excludes halogenated alkanes) is 1. The Bertz CT molecular complexity index is 269. The van der Waals surface area contributed by atoms with Crippen molar-refractivity contribution in [3.8, 4) is 0 Å². The Morgan fingerprint density at radius 2 is 2.00 bits per heavy atom. The highest BCUT2D eigenvalue weighted by molar-refractivity contribution is 5.84.